The molecule has 0 atom stereocenters. The van der Waals surface area contributed by atoms with E-state index < -0.39 is 10.0 Å². The van der Waals surface area contributed by atoms with Gasteiger partial charge in [-0.3, -0.25) is 0 Å². The van der Waals surface area contributed by atoms with E-state index in [0.717, 1.165) is 17.9 Å². The van der Waals surface area contributed by atoms with Gasteiger partial charge in [-0.25, -0.2) is 19.0 Å². The molecule has 0 radical (unpaired) electrons. The van der Waals surface area contributed by atoms with Gasteiger partial charge in [-0.1, -0.05) is 36.4 Å². The number of anilines is 2. The summed E-state index contributed by atoms with van der Waals surface area (Å²) in [6.45, 7) is 1.41. The largest absolute Gasteiger partial charge is 0.383 e. The van der Waals surface area contributed by atoms with Crippen LogP contribution < -0.4 is 21.3 Å². The molecule has 3 aromatic carbocycles. The molecule has 3 rings (SSSR count). The van der Waals surface area contributed by atoms with Gasteiger partial charge in [-0.05, 0) is 35.7 Å². The minimum atomic E-state index is -3.66. The number of nitrogens with two attached hydrogens (primary N) is 1. The third-order valence-electron chi connectivity index (χ3n) is 3.77. The number of fused-ring (bicyclic) bond motifs is 1. The molecule has 0 saturated heterocycles. The van der Waals surface area contributed by atoms with Crippen molar-refractivity contribution in [3.63, 3.8) is 0 Å². The summed E-state index contributed by atoms with van der Waals surface area (Å²) in [5.74, 6) is 0. The summed E-state index contributed by atoms with van der Waals surface area (Å²) in [7, 11) is -3.66. The summed E-state index contributed by atoms with van der Waals surface area (Å²) >= 11 is 0. The SMILES string of the molecule is NS(=O)(=O)c1ccc(NNCCNc2cccc3ccccc23)cc1. The topological polar surface area (TPSA) is 96.2 Å². The Balaban J connectivity index is 1.49. The van der Waals surface area contributed by atoms with Gasteiger partial charge in [0.25, 0.3) is 0 Å². The fourth-order valence-corrected chi connectivity index (χ4v) is 3.05. The van der Waals surface area contributed by atoms with Gasteiger partial charge in [0.05, 0.1) is 4.90 Å². The Bertz CT molecular complexity index is 951. The minimum absolute atomic E-state index is 0.0932. The zero-order chi connectivity index (χ0) is 17.7. The molecule has 7 heteroatoms. The average Bonchev–Trinajstić information content (AvgIpc) is 2.61. The molecule has 25 heavy (non-hydrogen) atoms. The predicted octanol–water partition coefficient (Wildman–Crippen LogP) is 2.52. The zero-order valence-electron chi connectivity index (χ0n) is 13.6. The number of hydrazine groups is 1. The number of hydrogen-bond donors (Lipinski definition) is 4. The molecule has 0 unspecified atom stereocenters. The highest BCUT2D eigenvalue weighted by molar-refractivity contribution is 7.89. The number of rotatable bonds is 7. The van der Waals surface area contributed by atoms with E-state index in [9.17, 15) is 8.42 Å². The Kier molecular flexibility index (Phi) is 5.18. The summed E-state index contributed by atoms with van der Waals surface area (Å²) in [4.78, 5) is 0.0932. The van der Waals surface area contributed by atoms with Gasteiger partial charge < -0.3 is 10.7 Å². The Hall–Kier alpha value is -2.61. The number of nitrogens with one attached hydrogen (secondary N) is 3. The van der Waals surface area contributed by atoms with Crippen LogP contribution in [-0.2, 0) is 10.0 Å². The van der Waals surface area contributed by atoms with Crippen LogP contribution >= 0.6 is 0 Å². The third kappa shape index (κ3) is 4.48. The second-order valence-electron chi connectivity index (χ2n) is 5.57. The van der Waals surface area contributed by atoms with Crippen LogP contribution in [0.1, 0.15) is 0 Å². The van der Waals surface area contributed by atoms with Crippen molar-refractivity contribution in [1.82, 2.24) is 5.43 Å². The Morgan fingerprint density at radius 1 is 0.840 bits per heavy atom. The van der Waals surface area contributed by atoms with Crippen molar-refractivity contribution in [2.75, 3.05) is 23.8 Å². The molecule has 0 heterocycles. The first-order chi connectivity index (χ1) is 12.0. The Labute approximate surface area is 147 Å². The molecule has 6 nitrogen and oxygen atoms in total. The lowest BCUT2D eigenvalue weighted by molar-refractivity contribution is 0.598. The molecule has 130 valence electrons. The molecule has 0 aliphatic rings. The van der Waals surface area contributed by atoms with Crippen LogP contribution in [0.25, 0.3) is 10.8 Å². The van der Waals surface area contributed by atoms with Crippen LogP contribution in [0, 0.1) is 0 Å². The van der Waals surface area contributed by atoms with E-state index in [1.54, 1.807) is 12.1 Å². The molecule has 0 aromatic heterocycles. The number of sulfonamides is 1. The zero-order valence-corrected chi connectivity index (χ0v) is 14.4. The van der Waals surface area contributed by atoms with E-state index in [1.165, 1.54) is 22.9 Å². The Morgan fingerprint density at radius 3 is 2.32 bits per heavy atom. The van der Waals surface area contributed by atoms with E-state index >= 15 is 0 Å². The van der Waals surface area contributed by atoms with Crippen LogP contribution in [0.2, 0.25) is 0 Å². The summed E-state index contributed by atoms with van der Waals surface area (Å²) in [5.41, 5.74) is 7.96. The molecule has 0 aliphatic carbocycles. The highest BCUT2D eigenvalue weighted by Crippen LogP contribution is 2.22. The van der Waals surface area contributed by atoms with Crippen molar-refractivity contribution >= 4 is 32.2 Å². The van der Waals surface area contributed by atoms with Crippen LogP contribution in [0.15, 0.2) is 71.6 Å². The quantitative estimate of drug-likeness (QED) is 0.385. The fraction of sp³-hybridized carbons (Fsp3) is 0.111. The van der Waals surface area contributed by atoms with E-state index in [2.05, 4.69) is 40.4 Å². The van der Waals surface area contributed by atoms with E-state index in [-0.39, 0.29) is 4.90 Å². The minimum Gasteiger partial charge on any atom is -0.383 e. The molecule has 0 fully saturated rings. The van der Waals surface area contributed by atoms with Crippen molar-refractivity contribution in [3.05, 3.63) is 66.7 Å². The van der Waals surface area contributed by atoms with Crippen LogP contribution in [0.4, 0.5) is 11.4 Å². The van der Waals surface area contributed by atoms with Gasteiger partial charge in [0, 0.05) is 29.9 Å². The second-order valence-corrected chi connectivity index (χ2v) is 7.14. The Morgan fingerprint density at radius 2 is 1.56 bits per heavy atom. The third-order valence-corrected chi connectivity index (χ3v) is 4.70. The molecule has 0 aliphatic heterocycles. The molecule has 0 bridgehead atoms. The summed E-state index contributed by atoms with van der Waals surface area (Å²) in [5, 5.41) is 10.9. The summed E-state index contributed by atoms with van der Waals surface area (Å²) in [6, 6.07) is 20.7. The number of benzene rings is 3. The maximum Gasteiger partial charge on any atom is 0.238 e. The van der Waals surface area contributed by atoms with E-state index in [1.807, 2.05) is 18.2 Å². The average molecular weight is 356 g/mol. The highest BCUT2D eigenvalue weighted by atomic mass is 32.2. The van der Waals surface area contributed by atoms with Crippen LogP contribution in [0.5, 0.6) is 0 Å². The first-order valence-electron chi connectivity index (χ1n) is 7.87. The molecule has 5 N–H and O–H groups in total. The highest BCUT2D eigenvalue weighted by Gasteiger charge is 2.06. The first kappa shape index (κ1) is 17.2. The van der Waals surface area contributed by atoms with E-state index in [4.69, 9.17) is 5.14 Å². The van der Waals surface area contributed by atoms with E-state index in [0.29, 0.717) is 6.54 Å². The van der Waals surface area contributed by atoms with Crippen LogP contribution in [0.3, 0.4) is 0 Å². The van der Waals surface area contributed by atoms with Crippen molar-refractivity contribution in [2.45, 2.75) is 4.90 Å². The van der Waals surface area contributed by atoms with Gasteiger partial charge in [0.15, 0.2) is 0 Å². The standard InChI is InChI=1S/C18H20N4O2S/c19-25(23,24)16-10-8-15(9-11-16)22-21-13-12-20-18-7-3-5-14-4-1-2-6-17(14)18/h1-11,20-22H,12-13H2,(H2,19,23,24). The lowest BCUT2D eigenvalue weighted by Crippen LogP contribution is -2.27. The van der Waals surface area contributed by atoms with Gasteiger partial charge in [-0.2, -0.15) is 0 Å². The molecular weight excluding hydrogens is 336 g/mol. The monoisotopic (exact) mass is 356 g/mol. The first-order valence-corrected chi connectivity index (χ1v) is 9.42. The lowest BCUT2D eigenvalue weighted by atomic mass is 10.1. The molecule has 0 saturated carbocycles. The van der Waals surface area contributed by atoms with Gasteiger partial charge in [-0.15, -0.1) is 0 Å². The predicted molar refractivity (Wildman–Crippen MR) is 102 cm³/mol. The van der Waals surface area contributed by atoms with Gasteiger partial charge >= 0.3 is 0 Å². The van der Waals surface area contributed by atoms with Crippen LogP contribution in [-0.4, -0.2) is 21.5 Å². The second kappa shape index (κ2) is 7.52. The lowest BCUT2D eigenvalue weighted by Gasteiger charge is -2.12. The van der Waals surface area contributed by atoms with Gasteiger partial charge in [0.2, 0.25) is 10.0 Å². The van der Waals surface area contributed by atoms with Crippen molar-refractivity contribution in [2.24, 2.45) is 5.14 Å². The molecule has 3 aromatic rings. The number of primary sulfonamides is 1. The molecule has 0 amide bonds. The normalized spacial score (nSPS) is 11.4. The summed E-state index contributed by atoms with van der Waals surface area (Å²) < 4.78 is 22.4. The molecular formula is C18H20N4O2S. The fourth-order valence-electron chi connectivity index (χ4n) is 2.53. The van der Waals surface area contributed by atoms with Crippen molar-refractivity contribution in [3.8, 4) is 0 Å². The summed E-state index contributed by atoms with van der Waals surface area (Å²) in [6.07, 6.45) is 0. The van der Waals surface area contributed by atoms with Crippen molar-refractivity contribution in [1.29, 1.82) is 0 Å². The number of hydrogen-bond acceptors (Lipinski definition) is 5. The maximum absolute atomic E-state index is 11.2. The van der Waals surface area contributed by atoms with Gasteiger partial charge in [0.1, 0.15) is 0 Å². The van der Waals surface area contributed by atoms with Crippen molar-refractivity contribution < 1.29 is 8.42 Å². The molecule has 0 spiro atoms. The smallest absolute Gasteiger partial charge is 0.238 e. The maximum atomic E-state index is 11.2.